The SMILES string of the molecule is [Cl-].[Cl-].[Cl-].[Sb+3].[c]1ccccc1.[c]1ccccc1. The molecule has 0 atom stereocenters. The van der Waals surface area contributed by atoms with Gasteiger partial charge in [-0.05, 0) is 12.1 Å². The molecule has 0 heterocycles. The molecule has 0 aliphatic carbocycles. The minimum atomic E-state index is 0. The summed E-state index contributed by atoms with van der Waals surface area (Å²) < 4.78 is 0. The van der Waals surface area contributed by atoms with Crippen molar-refractivity contribution in [3.8, 4) is 0 Å². The molecule has 16 heavy (non-hydrogen) atoms. The normalized spacial score (nSPS) is 6.00. The molecule has 0 aliphatic heterocycles. The Bertz CT molecular complexity index is 192. The van der Waals surface area contributed by atoms with Crippen LogP contribution in [0.15, 0.2) is 60.7 Å². The Balaban J connectivity index is -0.0000000720. The van der Waals surface area contributed by atoms with Crippen LogP contribution < -0.4 is 37.2 Å². The molecule has 0 fully saturated rings. The molecule has 84 valence electrons. The van der Waals surface area contributed by atoms with Crippen LogP contribution in [0.25, 0.3) is 0 Å². The summed E-state index contributed by atoms with van der Waals surface area (Å²) in [7, 11) is 0. The summed E-state index contributed by atoms with van der Waals surface area (Å²) in [6.45, 7) is 0. The number of hydrogen-bond donors (Lipinski definition) is 0. The monoisotopic (exact) mass is 380 g/mol. The molecule has 4 radical (unpaired) electrons. The van der Waals surface area contributed by atoms with Crippen LogP contribution in [0.5, 0.6) is 0 Å². The van der Waals surface area contributed by atoms with Crippen molar-refractivity contribution in [2.24, 2.45) is 0 Å². The van der Waals surface area contributed by atoms with E-state index in [1.165, 1.54) is 0 Å². The molecule has 4 heteroatoms. The second kappa shape index (κ2) is 20.5. The van der Waals surface area contributed by atoms with E-state index in [4.69, 9.17) is 0 Å². The first-order valence-corrected chi connectivity index (χ1v) is 3.82. The molecule has 0 nitrogen and oxygen atoms in total. The van der Waals surface area contributed by atoms with Gasteiger partial charge in [-0.2, -0.15) is 0 Å². The molecule has 0 bridgehead atoms. The second-order valence-corrected chi connectivity index (χ2v) is 2.15. The van der Waals surface area contributed by atoms with Gasteiger partial charge in [0.25, 0.3) is 0 Å². The molecule has 2 rings (SSSR count). The van der Waals surface area contributed by atoms with Crippen molar-refractivity contribution in [3.05, 3.63) is 72.8 Å². The average molecular weight is 382 g/mol. The molecule has 2 aromatic rings. The largest absolute Gasteiger partial charge is 3.00 e. The molecule has 0 N–H and O–H groups in total. The average Bonchev–Trinajstić information content (AvgIpc) is 2.24. The predicted octanol–water partition coefficient (Wildman–Crippen LogP) is -6.40. The van der Waals surface area contributed by atoms with Crippen molar-refractivity contribution >= 4 is 24.4 Å². The van der Waals surface area contributed by atoms with E-state index < -0.39 is 0 Å². The summed E-state index contributed by atoms with van der Waals surface area (Å²) in [5.41, 5.74) is 0. The molecule has 0 unspecified atom stereocenters. The summed E-state index contributed by atoms with van der Waals surface area (Å²) in [5, 5.41) is 0. The molecular formula is C12H10Cl3Sb. The Labute approximate surface area is 134 Å². The molecule has 0 aliphatic rings. The standard InChI is InChI=1S/2C6H5.3ClH.Sb/c2*1-2-4-6-5-3-1;;;;/h2*1-5H;3*1H;/q;;;;;+3/p-3. The van der Waals surface area contributed by atoms with Crippen LogP contribution in [0.1, 0.15) is 0 Å². The van der Waals surface area contributed by atoms with E-state index in [-0.39, 0.29) is 61.6 Å². The van der Waals surface area contributed by atoms with E-state index >= 15 is 0 Å². The number of hydrogen-bond acceptors (Lipinski definition) is 0. The van der Waals surface area contributed by atoms with Crippen molar-refractivity contribution in [1.29, 1.82) is 0 Å². The molecule has 0 saturated carbocycles. The number of rotatable bonds is 0. The Hall–Kier alpha value is 0.128. The third-order valence-electron chi connectivity index (χ3n) is 1.21. The van der Waals surface area contributed by atoms with Crippen LogP contribution in [-0.4, -0.2) is 24.4 Å². The zero-order valence-electron chi connectivity index (χ0n) is 8.35. The minimum Gasteiger partial charge on any atom is -1.00 e. The van der Waals surface area contributed by atoms with Crippen LogP contribution in [0.2, 0.25) is 0 Å². The van der Waals surface area contributed by atoms with E-state index in [1.54, 1.807) is 0 Å². The molecule has 0 amide bonds. The van der Waals surface area contributed by atoms with Gasteiger partial charge in [0.2, 0.25) is 0 Å². The number of halogens is 3. The zero-order chi connectivity index (χ0) is 8.49. The maximum absolute atomic E-state index is 2.89. The quantitative estimate of drug-likeness (QED) is 0.398. The smallest absolute Gasteiger partial charge is 1.00 e. The van der Waals surface area contributed by atoms with Crippen LogP contribution in [0.3, 0.4) is 0 Å². The first kappa shape index (κ1) is 25.1. The van der Waals surface area contributed by atoms with Gasteiger partial charge in [0.05, 0.1) is 0 Å². The fourth-order valence-electron chi connectivity index (χ4n) is 0.684. The number of benzene rings is 2. The van der Waals surface area contributed by atoms with Gasteiger partial charge in [-0.3, -0.25) is 0 Å². The van der Waals surface area contributed by atoms with Gasteiger partial charge in [-0.15, -0.1) is 0 Å². The predicted molar refractivity (Wildman–Crippen MR) is 56.3 cm³/mol. The molecular weight excluding hydrogens is 372 g/mol. The first-order chi connectivity index (χ1) is 6.00. The minimum absolute atomic E-state index is 0. The molecule has 0 spiro atoms. The fraction of sp³-hybridized carbons (Fsp3) is 0. The molecule has 0 saturated heterocycles. The molecule has 2 aromatic carbocycles. The van der Waals surface area contributed by atoms with Gasteiger partial charge < -0.3 is 37.2 Å². The Morgan fingerprint density at radius 1 is 0.438 bits per heavy atom. The summed E-state index contributed by atoms with van der Waals surface area (Å²) in [4.78, 5) is 0. The van der Waals surface area contributed by atoms with E-state index in [0.29, 0.717) is 0 Å². The van der Waals surface area contributed by atoms with Crippen molar-refractivity contribution in [1.82, 2.24) is 0 Å². The first-order valence-electron chi connectivity index (χ1n) is 3.82. The van der Waals surface area contributed by atoms with Crippen molar-refractivity contribution in [3.63, 3.8) is 0 Å². The third kappa shape index (κ3) is 16.6. The van der Waals surface area contributed by atoms with Gasteiger partial charge in [-0.1, -0.05) is 60.7 Å². The van der Waals surface area contributed by atoms with Crippen molar-refractivity contribution in [2.75, 3.05) is 0 Å². The maximum Gasteiger partial charge on any atom is 3.00 e. The van der Waals surface area contributed by atoms with E-state index in [2.05, 4.69) is 12.1 Å². The van der Waals surface area contributed by atoms with Gasteiger partial charge in [0.15, 0.2) is 0 Å². The van der Waals surface area contributed by atoms with E-state index in [1.807, 2.05) is 60.7 Å². The third-order valence-corrected chi connectivity index (χ3v) is 1.21. The topological polar surface area (TPSA) is 0 Å². The van der Waals surface area contributed by atoms with Gasteiger partial charge in [0.1, 0.15) is 0 Å². The van der Waals surface area contributed by atoms with Gasteiger partial charge in [0, 0.05) is 0 Å². The van der Waals surface area contributed by atoms with Crippen LogP contribution in [-0.2, 0) is 0 Å². The van der Waals surface area contributed by atoms with E-state index in [0.717, 1.165) is 0 Å². The maximum atomic E-state index is 2.89. The van der Waals surface area contributed by atoms with Crippen LogP contribution >= 0.6 is 0 Å². The summed E-state index contributed by atoms with van der Waals surface area (Å²) >= 11 is 0. The van der Waals surface area contributed by atoms with Gasteiger partial charge in [-0.25, -0.2) is 0 Å². The summed E-state index contributed by atoms with van der Waals surface area (Å²) in [5.74, 6) is 0. The fourth-order valence-corrected chi connectivity index (χ4v) is 0.684. The van der Waals surface area contributed by atoms with Crippen LogP contribution in [0, 0.1) is 12.1 Å². The summed E-state index contributed by atoms with van der Waals surface area (Å²) in [6, 6.07) is 25.0. The van der Waals surface area contributed by atoms with E-state index in [9.17, 15) is 0 Å². The van der Waals surface area contributed by atoms with Crippen molar-refractivity contribution < 1.29 is 37.2 Å². The second-order valence-electron chi connectivity index (χ2n) is 2.15. The Kier molecular flexibility index (Phi) is 32.2. The van der Waals surface area contributed by atoms with Crippen molar-refractivity contribution in [2.45, 2.75) is 0 Å². The Morgan fingerprint density at radius 3 is 0.750 bits per heavy atom. The molecule has 0 aromatic heterocycles. The van der Waals surface area contributed by atoms with Crippen LogP contribution in [0.4, 0.5) is 0 Å². The summed E-state index contributed by atoms with van der Waals surface area (Å²) in [6.07, 6.45) is 0. The van der Waals surface area contributed by atoms with Gasteiger partial charge >= 0.3 is 24.4 Å². The zero-order valence-corrected chi connectivity index (χ0v) is 13.2. The Morgan fingerprint density at radius 2 is 0.688 bits per heavy atom.